The lowest BCUT2D eigenvalue weighted by atomic mass is 10.1. The third-order valence-electron chi connectivity index (χ3n) is 2.28. The first kappa shape index (κ1) is 12.7. The highest BCUT2D eigenvalue weighted by Gasteiger charge is 2.24. The van der Waals surface area contributed by atoms with Gasteiger partial charge in [0.25, 0.3) is 5.91 Å². The van der Waals surface area contributed by atoms with Crippen LogP contribution < -0.4 is 5.32 Å². The third kappa shape index (κ3) is 3.33. The zero-order chi connectivity index (χ0) is 12.1. The Morgan fingerprint density at radius 3 is 2.56 bits per heavy atom. The van der Waals surface area contributed by atoms with E-state index >= 15 is 0 Å². The van der Waals surface area contributed by atoms with Crippen molar-refractivity contribution >= 4 is 5.91 Å². The van der Waals surface area contributed by atoms with Crippen LogP contribution in [0.25, 0.3) is 0 Å². The van der Waals surface area contributed by atoms with Gasteiger partial charge in [0.05, 0.1) is 5.56 Å². The van der Waals surface area contributed by atoms with Gasteiger partial charge in [-0.15, -0.1) is 0 Å². The van der Waals surface area contributed by atoms with E-state index in [2.05, 4.69) is 5.32 Å². The van der Waals surface area contributed by atoms with Crippen molar-refractivity contribution in [1.82, 2.24) is 5.32 Å². The largest absolute Gasteiger partial charge is 0.349 e. The molecule has 1 aromatic carbocycles. The molecule has 1 fully saturated rings. The van der Waals surface area contributed by atoms with Gasteiger partial charge in [0.1, 0.15) is 5.82 Å². The molecule has 1 aliphatic rings. The van der Waals surface area contributed by atoms with E-state index < -0.39 is 5.82 Å². The monoisotopic (exact) mass is 223 g/mol. The summed E-state index contributed by atoms with van der Waals surface area (Å²) >= 11 is 0. The average molecular weight is 223 g/mol. The van der Waals surface area contributed by atoms with Crippen molar-refractivity contribution < 1.29 is 9.18 Å². The molecule has 3 heteroatoms. The highest BCUT2D eigenvalue weighted by Crippen LogP contribution is 2.20. The molecule has 1 aliphatic carbocycles. The van der Waals surface area contributed by atoms with Crippen molar-refractivity contribution in [2.45, 2.75) is 39.7 Å². The zero-order valence-electron chi connectivity index (χ0n) is 10.0. The summed E-state index contributed by atoms with van der Waals surface area (Å²) in [7, 11) is 0. The highest BCUT2D eigenvalue weighted by atomic mass is 19.1. The van der Waals surface area contributed by atoms with Gasteiger partial charge >= 0.3 is 0 Å². The molecule has 2 rings (SSSR count). The normalized spacial score (nSPS) is 13.8. The van der Waals surface area contributed by atoms with Gasteiger partial charge in [-0.2, -0.15) is 0 Å². The predicted octanol–water partition coefficient (Wildman–Crippen LogP) is 3.05. The summed E-state index contributed by atoms with van der Waals surface area (Å²) in [6.45, 7) is 5.84. The van der Waals surface area contributed by atoms with Crippen LogP contribution in [0, 0.1) is 12.7 Å². The van der Waals surface area contributed by atoms with Crippen LogP contribution in [-0.4, -0.2) is 11.9 Å². The maximum absolute atomic E-state index is 13.2. The fraction of sp³-hybridized carbons (Fsp3) is 0.462. The molecule has 1 saturated carbocycles. The van der Waals surface area contributed by atoms with E-state index in [1.54, 1.807) is 12.1 Å². The van der Waals surface area contributed by atoms with Crippen LogP contribution in [0.5, 0.6) is 0 Å². The number of carbonyl (C=O) groups is 1. The Morgan fingerprint density at radius 2 is 2.00 bits per heavy atom. The van der Waals surface area contributed by atoms with Crippen molar-refractivity contribution in [2.24, 2.45) is 0 Å². The van der Waals surface area contributed by atoms with Gasteiger partial charge in [-0.25, -0.2) is 4.39 Å². The molecular formula is C13H18FNO. The van der Waals surface area contributed by atoms with Crippen molar-refractivity contribution in [3.05, 3.63) is 35.1 Å². The average Bonchev–Trinajstić information content (AvgIpc) is 3.08. The van der Waals surface area contributed by atoms with Crippen molar-refractivity contribution in [1.29, 1.82) is 0 Å². The Morgan fingerprint density at radius 1 is 1.38 bits per heavy atom. The number of benzene rings is 1. The first-order valence-corrected chi connectivity index (χ1v) is 5.74. The van der Waals surface area contributed by atoms with Crippen LogP contribution in [0.3, 0.4) is 0 Å². The van der Waals surface area contributed by atoms with Crippen LogP contribution in [0.4, 0.5) is 4.39 Å². The topological polar surface area (TPSA) is 29.1 Å². The molecule has 0 heterocycles. The molecule has 2 nitrogen and oxygen atoms in total. The van der Waals surface area contributed by atoms with Gasteiger partial charge in [0.2, 0.25) is 0 Å². The molecule has 0 bridgehead atoms. The Labute approximate surface area is 95.9 Å². The summed E-state index contributed by atoms with van der Waals surface area (Å²) < 4.78 is 13.2. The second-order valence-electron chi connectivity index (χ2n) is 3.73. The molecule has 1 amide bonds. The summed E-state index contributed by atoms with van der Waals surface area (Å²) in [4.78, 5) is 11.5. The molecule has 1 aromatic rings. The van der Waals surface area contributed by atoms with Gasteiger partial charge in [0, 0.05) is 6.04 Å². The molecule has 0 unspecified atom stereocenters. The Balaban J connectivity index is 0.000000606. The van der Waals surface area contributed by atoms with Crippen LogP contribution in [-0.2, 0) is 0 Å². The standard InChI is InChI=1S/C11H12FNO.C2H6/c1-7-2-5-10(12)9(6-7)11(14)13-8-3-4-8;1-2/h2,5-6,8H,3-4H2,1H3,(H,13,14);1-2H3. The SMILES string of the molecule is CC.Cc1ccc(F)c(C(=O)NC2CC2)c1. The minimum absolute atomic E-state index is 0.150. The second-order valence-corrected chi connectivity index (χ2v) is 3.73. The molecule has 88 valence electrons. The maximum Gasteiger partial charge on any atom is 0.254 e. The highest BCUT2D eigenvalue weighted by molar-refractivity contribution is 5.95. The molecular weight excluding hydrogens is 205 g/mol. The predicted molar refractivity (Wildman–Crippen MR) is 63.0 cm³/mol. The van der Waals surface area contributed by atoms with E-state index in [9.17, 15) is 9.18 Å². The molecule has 0 atom stereocenters. The number of aryl methyl sites for hydroxylation is 1. The second kappa shape index (κ2) is 5.64. The molecule has 0 aliphatic heterocycles. The lowest BCUT2D eigenvalue weighted by Crippen LogP contribution is -2.26. The number of amides is 1. The number of hydrogen-bond donors (Lipinski definition) is 1. The molecule has 1 N–H and O–H groups in total. The summed E-state index contributed by atoms with van der Waals surface area (Å²) in [5.41, 5.74) is 1.05. The first-order chi connectivity index (χ1) is 7.66. The summed E-state index contributed by atoms with van der Waals surface area (Å²) in [6, 6.07) is 4.83. The van der Waals surface area contributed by atoms with Crippen molar-refractivity contribution in [2.75, 3.05) is 0 Å². The van der Waals surface area contributed by atoms with Crippen LogP contribution in [0.15, 0.2) is 18.2 Å². The van der Waals surface area contributed by atoms with Gasteiger partial charge in [-0.1, -0.05) is 25.5 Å². The number of halogens is 1. The lowest BCUT2D eigenvalue weighted by Gasteiger charge is -2.05. The number of carbonyl (C=O) groups excluding carboxylic acids is 1. The van der Waals surface area contributed by atoms with Crippen molar-refractivity contribution in [3.8, 4) is 0 Å². The van der Waals surface area contributed by atoms with Gasteiger partial charge < -0.3 is 5.32 Å². The summed E-state index contributed by atoms with van der Waals surface area (Å²) in [6.07, 6.45) is 2.03. The fourth-order valence-electron chi connectivity index (χ4n) is 1.30. The van der Waals surface area contributed by atoms with E-state index in [1.807, 2.05) is 20.8 Å². The Hall–Kier alpha value is -1.38. The minimum atomic E-state index is -0.450. The van der Waals surface area contributed by atoms with Crippen LogP contribution in [0.1, 0.15) is 42.6 Å². The zero-order valence-corrected chi connectivity index (χ0v) is 10.0. The van der Waals surface area contributed by atoms with Gasteiger partial charge in [0.15, 0.2) is 0 Å². The van der Waals surface area contributed by atoms with E-state index in [1.165, 1.54) is 6.07 Å². The van der Waals surface area contributed by atoms with Crippen LogP contribution in [0.2, 0.25) is 0 Å². The van der Waals surface area contributed by atoms with Crippen LogP contribution >= 0.6 is 0 Å². The minimum Gasteiger partial charge on any atom is -0.349 e. The Bertz CT molecular complexity index is 372. The van der Waals surface area contributed by atoms with E-state index in [0.717, 1.165) is 18.4 Å². The first-order valence-electron chi connectivity index (χ1n) is 5.74. The quantitative estimate of drug-likeness (QED) is 0.820. The number of hydrogen-bond acceptors (Lipinski definition) is 1. The van der Waals surface area contributed by atoms with Crippen molar-refractivity contribution in [3.63, 3.8) is 0 Å². The molecule has 0 spiro atoms. The molecule has 0 aromatic heterocycles. The molecule has 0 radical (unpaired) electrons. The van der Waals surface area contributed by atoms with E-state index in [0.29, 0.717) is 0 Å². The van der Waals surface area contributed by atoms with Gasteiger partial charge in [-0.3, -0.25) is 4.79 Å². The van der Waals surface area contributed by atoms with Gasteiger partial charge in [-0.05, 0) is 31.9 Å². The lowest BCUT2D eigenvalue weighted by molar-refractivity contribution is 0.0947. The Kier molecular flexibility index (Phi) is 4.47. The summed E-state index contributed by atoms with van der Waals surface area (Å²) in [5.74, 6) is -0.748. The smallest absolute Gasteiger partial charge is 0.254 e. The maximum atomic E-state index is 13.2. The third-order valence-corrected chi connectivity index (χ3v) is 2.28. The van der Waals surface area contributed by atoms with E-state index in [4.69, 9.17) is 0 Å². The molecule has 16 heavy (non-hydrogen) atoms. The number of rotatable bonds is 2. The fourth-order valence-corrected chi connectivity index (χ4v) is 1.30. The van der Waals surface area contributed by atoms with E-state index in [-0.39, 0.29) is 17.5 Å². The molecule has 0 saturated heterocycles. The number of nitrogens with one attached hydrogen (secondary N) is 1. The summed E-state index contributed by atoms with van der Waals surface area (Å²) in [5, 5.41) is 2.76.